The van der Waals surface area contributed by atoms with Gasteiger partial charge < -0.3 is 10.8 Å². The number of carbonyl (C=O) groups is 1. The van der Waals surface area contributed by atoms with Crippen molar-refractivity contribution >= 4 is 12.2 Å². The Hall–Kier alpha value is -2.82. The molecule has 5 heteroatoms. The molecule has 0 radical (unpaired) electrons. The third kappa shape index (κ3) is 3.32. The number of hydrogen-bond donors (Lipinski definition) is 3. The maximum Gasteiger partial charge on any atom is 0.332 e. The lowest BCUT2D eigenvalue weighted by Gasteiger charge is -2.04. The molecule has 0 aliphatic heterocycles. The van der Waals surface area contributed by atoms with Crippen molar-refractivity contribution in [2.45, 2.75) is 0 Å². The number of aromatic hydroxyl groups is 1. The molecule has 2 amide bonds. The summed E-state index contributed by atoms with van der Waals surface area (Å²) in [6.45, 7) is 0. The smallest absolute Gasteiger partial charge is 0.332 e. The van der Waals surface area contributed by atoms with Gasteiger partial charge in [-0.2, -0.15) is 5.10 Å². The number of amides is 2. The molecule has 0 unspecified atom stereocenters. The Morgan fingerprint density at radius 3 is 2.58 bits per heavy atom. The highest BCUT2D eigenvalue weighted by molar-refractivity contribution is 5.87. The van der Waals surface area contributed by atoms with E-state index in [1.807, 2.05) is 36.4 Å². The van der Waals surface area contributed by atoms with E-state index in [0.29, 0.717) is 5.56 Å². The van der Waals surface area contributed by atoms with Crippen LogP contribution in [0.3, 0.4) is 0 Å². The van der Waals surface area contributed by atoms with Gasteiger partial charge in [0.25, 0.3) is 0 Å². The number of phenolic OH excluding ortho intramolecular Hbond substituents is 1. The number of carbonyl (C=O) groups excluding carboxylic acids is 1. The molecule has 0 aromatic heterocycles. The number of hydrazone groups is 1. The van der Waals surface area contributed by atoms with Crippen molar-refractivity contribution in [3.8, 4) is 16.9 Å². The molecule has 0 saturated carbocycles. The van der Waals surface area contributed by atoms with Crippen LogP contribution in [0.2, 0.25) is 0 Å². The lowest BCUT2D eigenvalue weighted by Crippen LogP contribution is -2.24. The summed E-state index contributed by atoms with van der Waals surface area (Å²) in [5.74, 6) is 0.0784. The second-order valence-corrected chi connectivity index (χ2v) is 3.87. The number of rotatable bonds is 3. The van der Waals surface area contributed by atoms with Crippen LogP contribution in [0, 0.1) is 0 Å². The van der Waals surface area contributed by atoms with Crippen molar-refractivity contribution < 1.29 is 9.90 Å². The molecule has 0 fully saturated rings. The second-order valence-electron chi connectivity index (χ2n) is 3.87. The Bertz CT molecular complexity index is 609. The third-order valence-corrected chi connectivity index (χ3v) is 2.51. The molecule has 0 spiro atoms. The summed E-state index contributed by atoms with van der Waals surface area (Å²) >= 11 is 0. The lowest BCUT2D eigenvalue weighted by molar-refractivity contribution is 0.249. The number of nitrogens with two attached hydrogens (primary N) is 1. The first kappa shape index (κ1) is 12.6. The fourth-order valence-corrected chi connectivity index (χ4v) is 1.63. The number of benzene rings is 2. The molecule has 2 aromatic rings. The van der Waals surface area contributed by atoms with Gasteiger partial charge in [0.05, 0.1) is 6.21 Å². The summed E-state index contributed by atoms with van der Waals surface area (Å²) in [5, 5.41) is 13.3. The normalized spacial score (nSPS) is 10.5. The first-order chi connectivity index (χ1) is 9.16. The minimum atomic E-state index is -0.755. The van der Waals surface area contributed by atoms with Crippen molar-refractivity contribution in [3.63, 3.8) is 0 Å². The number of urea groups is 1. The van der Waals surface area contributed by atoms with Gasteiger partial charge in [-0.1, -0.05) is 36.4 Å². The third-order valence-electron chi connectivity index (χ3n) is 2.51. The fourth-order valence-electron chi connectivity index (χ4n) is 1.63. The molecule has 0 saturated heterocycles. The highest BCUT2D eigenvalue weighted by Gasteiger charge is 2.02. The molecule has 0 atom stereocenters. The predicted octanol–water partition coefficient (Wildman–Crippen LogP) is 2.06. The van der Waals surface area contributed by atoms with E-state index >= 15 is 0 Å². The average Bonchev–Trinajstić information content (AvgIpc) is 2.41. The zero-order valence-corrected chi connectivity index (χ0v) is 10.1. The highest BCUT2D eigenvalue weighted by atomic mass is 16.3. The number of nitrogens with zero attached hydrogens (tertiary/aromatic N) is 1. The van der Waals surface area contributed by atoms with Crippen molar-refractivity contribution in [1.82, 2.24) is 5.43 Å². The summed E-state index contributed by atoms with van der Waals surface area (Å²) in [4.78, 5) is 10.5. The summed E-state index contributed by atoms with van der Waals surface area (Å²) < 4.78 is 0. The molecule has 2 rings (SSSR count). The van der Waals surface area contributed by atoms with Crippen LogP contribution < -0.4 is 11.2 Å². The first-order valence-electron chi connectivity index (χ1n) is 5.64. The predicted molar refractivity (Wildman–Crippen MR) is 73.9 cm³/mol. The van der Waals surface area contributed by atoms with E-state index in [2.05, 4.69) is 10.5 Å². The Morgan fingerprint density at radius 1 is 1.16 bits per heavy atom. The monoisotopic (exact) mass is 255 g/mol. The van der Waals surface area contributed by atoms with E-state index in [-0.39, 0.29) is 5.75 Å². The van der Waals surface area contributed by atoms with Gasteiger partial charge in [0.1, 0.15) is 5.75 Å². The molecule has 0 aliphatic rings. The van der Waals surface area contributed by atoms with E-state index in [9.17, 15) is 9.90 Å². The summed E-state index contributed by atoms with van der Waals surface area (Å²) in [6, 6.07) is 14.1. The summed E-state index contributed by atoms with van der Waals surface area (Å²) in [7, 11) is 0. The van der Waals surface area contributed by atoms with Gasteiger partial charge in [0.15, 0.2) is 0 Å². The zero-order valence-electron chi connectivity index (χ0n) is 10.1. The van der Waals surface area contributed by atoms with Crippen LogP contribution in [0.5, 0.6) is 5.75 Å². The van der Waals surface area contributed by atoms with E-state index < -0.39 is 6.03 Å². The molecule has 0 aliphatic carbocycles. The van der Waals surface area contributed by atoms with Crippen LogP contribution in [0.4, 0.5) is 4.79 Å². The molecule has 4 N–H and O–H groups in total. The number of primary amides is 1. The summed E-state index contributed by atoms with van der Waals surface area (Å²) in [6.07, 6.45) is 1.34. The Balaban J connectivity index is 2.30. The minimum Gasteiger partial charge on any atom is -0.507 e. The van der Waals surface area contributed by atoms with E-state index in [1.54, 1.807) is 12.1 Å². The van der Waals surface area contributed by atoms with Gasteiger partial charge >= 0.3 is 6.03 Å². The van der Waals surface area contributed by atoms with Crippen LogP contribution in [0.1, 0.15) is 5.56 Å². The molecule has 5 nitrogen and oxygen atoms in total. The fraction of sp³-hybridized carbons (Fsp3) is 0. The van der Waals surface area contributed by atoms with Crippen molar-refractivity contribution in [2.75, 3.05) is 0 Å². The summed E-state index contributed by atoms with van der Waals surface area (Å²) in [5.41, 5.74) is 9.43. The quantitative estimate of drug-likeness (QED) is 0.579. The molecule has 96 valence electrons. The minimum absolute atomic E-state index is 0.0784. The number of hydrogen-bond acceptors (Lipinski definition) is 3. The topological polar surface area (TPSA) is 87.7 Å². The second kappa shape index (κ2) is 5.68. The molecule has 19 heavy (non-hydrogen) atoms. The van der Waals surface area contributed by atoms with Gasteiger partial charge in [-0.05, 0) is 23.3 Å². The maximum absolute atomic E-state index is 10.5. The Labute approximate surface area is 110 Å². The van der Waals surface area contributed by atoms with Gasteiger partial charge in [-0.3, -0.25) is 0 Å². The molecule has 2 aromatic carbocycles. The van der Waals surface area contributed by atoms with Gasteiger partial charge in [0.2, 0.25) is 0 Å². The standard InChI is InChI=1S/C14H13N3O2/c15-14(19)17-16-9-12-8-11(6-7-13(12)18)10-4-2-1-3-5-10/h1-9,18H,(H3,15,17,19). The highest BCUT2D eigenvalue weighted by Crippen LogP contribution is 2.24. The zero-order chi connectivity index (χ0) is 13.7. The van der Waals surface area contributed by atoms with Crippen LogP contribution in [-0.2, 0) is 0 Å². The largest absolute Gasteiger partial charge is 0.507 e. The first-order valence-corrected chi connectivity index (χ1v) is 5.64. The van der Waals surface area contributed by atoms with Crippen LogP contribution >= 0.6 is 0 Å². The van der Waals surface area contributed by atoms with Crippen molar-refractivity contribution in [3.05, 3.63) is 54.1 Å². The van der Waals surface area contributed by atoms with E-state index in [0.717, 1.165) is 11.1 Å². The number of nitrogens with one attached hydrogen (secondary N) is 1. The van der Waals surface area contributed by atoms with Crippen molar-refractivity contribution in [1.29, 1.82) is 0 Å². The van der Waals surface area contributed by atoms with Gasteiger partial charge in [0, 0.05) is 5.56 Å². The Kier molecular flexibility index (Phi) is 3.78. The number of phenols is 1. The van der Waals surface area contributed by atoms with Gasteiger partial charge in [-0.15, -0.1) is 0 Å². The Morgan fingerprint density at radius 2 is 1.89 bits per heavy atom. The van der Waals surface area contributed by atoms with Crippen LogP contribution in [0.15, 0.2) is 53.6 Å². The maximum atomic E-state index is 10.5. The molecular weight excluding hydrogens is 242 g/mol. The van der Waals surface area contributed by atoms with E-state index in [1.165, 1.54) is 6.21 Å². The lowest BCUT2D eigenvalue weighted by atomic mass is 10.0. The van der Waals surface area contributed by atoms with Crippen LogP contribution in [-0.4, -0.2) is 17.4 Å². The molecule has 0 bridgehead atoms. The van der Waals surface area contributed by atoms with Crippen LogP contribution in [0.25, 0.3) is 11.1 Å². The van der Waals surface area contributed by atoms with Crippen molar-refractivity contribution in [2.24, 2.45) is 10.8 Å². The SMILES string of the molecule is NC(=O)NN=Cc1cc(-c2ccccc2)ccc1O. The molecular formula is C14H13N3O2. The molecule has 0 heterocycles. The van der Waals surface area contributed by atoms with Gasteiger partial charge in [-0.25, -0.2) is 10.2 Å². The van der Waals surface area contributed by atoms with E-state index in [4.69, 9.17) is 5.73 Å². The average molecular weight is 255 g/mol.